The fraction of sp³-hybridized carbons (Fsp3) is 0.900. The van der Waals surface area contributed by atoms with E-state index < -0.39 is 6.04 Å². The third-order valence-corrected chi connectivity index (χ3v) is 2.82. The molecule has 1 fully saturated rings. The van der Waals surface area contributed by atoms with Gasteiger partial charge in [-0.1, -0.05) is 12.8 Å². The van der Waals surface area contributed by atoms with Crippen LogP contribution in [0.3, 0.4) is 0 Å². The second kappa shape index (κ2) is 6.30. The predicted octanol–water partition coefficient (Wildman–Crippen LogP) is 0.831. The Morgan fingerprint density at radius 2 is 2.07 bits per heavy atom. The minimum Gasteiger partial charge on any atom is -0.383 e. The standard InChI is InChI=1S/C10H20N2O2.ClH/c1-10(5-3-4-6-10)12-9(13)8(11)7-14-2;/h8H,3-7,11H2,1-2H3,(H,12,13);1H. The van der Waals surface area contributed by atoms with Gasteiger partial charge in [-0.3, -0.25) is 4.79 Å². The molecule has 1 atom stereocenters. The van der Waals surface area contributed by atoms with Gasteiger partial charge in [0.2, 0.25) is 5.91 Å². The molecule has 1 rings (SSSR count). The Morgan fingerprint density at radius 1 is 1.53 bits per heavy atom. The molecule has 0 aromatic carbocycles. The first-order valence-electron chi connectivity index (χ1n) is 5.14. The number of carbonyl (C=O) groups excluding carboxylic acids is 1. The molecule has 1 amide bonds. The smallest absolute Gasteiger partial charge is 0.239 e. The SMILES string of the molecule is COCC(N)C(=O)NC1(C)CCCC1.Cl. The normalized spacial score (nSPS) is 20.5. The number of nitrogens with two attached hydrogens (primary N) is 1. The molecule has 15 heavy (non-hydrogen) atoms. The first-order valence-corrected chi connectivity index (χ1v) is 5.14. The lowest BCUT2D eigenvalue weighted by atomic mass is 10.0. The third-order valence-electron chi connectivity index (χ3n) is 2.82. The molecule has 1 unspecified atom stereocenters. The summed E-state index contributed by atoms with van der Waals surface area (Å²) < 4.78 is 4.84. The van der Waals surface area contributed by atoms with Crippen LogP contribution in [0.4, 0.5) is 0 Å². The van der Waals surface area contributed by atoms with Crippen molar-refractivity contribution in [3.05, 3.63) is 0 Å². The highest BCUT2D eigenvalue weighted by Crippen LogP contribution is 2.28. The number of rotatable bonds is 4. The number of hydrogen-bond acceptors (Lipinski definition) is 3. The Bertz CT molecular complexity index is 206. The van der Waals surface area contributed by atoms with Crippen LogP contribution >= 0.6 is 12.4 Å². The number of methoxy groups -OCH3 is 1. The zero-order valence-electron chi connectivity index (χ0n) is 9.41. The molecular formula is C10H21ClN2O2. The van der Waals surface area contributed by atoms with E-state index in [0.717, 1.165) is 12.8 Å². The van der Waals surface area contributed by atoms with E-state index in [-0.39, 0.29) is 30.5 Å². The van der Waals surface area contributed by atoms with E-state index in [9.17, 15) is 4.79 Å². The molecule has 3 N–H and O–H groups in total. The summed E-state index contributed by atoms with van der Waals surface area (Å²) in [5.74, 6) is -0.101. The van der Waals surface area contributed by atoms with Gasteiger partial charge in [-0.15, -0.1) is 12.4 Å². The average molecular weight is 237 g/mol. The van der Waals surface area contributed by atoms with Crippen LogP contribution < -0.4 is 11.1 Å². The molecular weight excluding hydrogens is 216 g/mol. The topological polar surface area (TPSA) is 64.3 Å². The van der Waals surface area contributed by atoms with E-state index in [4.69, 9.17) is 10.5 Å². The number of halogens is 1. The fourth-order valence-corrected chi connectivity index (χ4v) is 1.93. The maximum atomic E-state index is 11.6. The highest BCUT2D eigenvalue weighted by atomic mass is 35.5. The minimum atomic E-state index is -0.544. The van der Waals surface area contributed by atoms with Crippen molar-refractivity contribution in [2.45, 2.75) is 44.2 Å². The quantitative estimate of drug-likeness (QED) is 0.760. The maximum Gasteiger partial charge on any atom is 0.239 e. The van der Waals surface area contributed by atoms with E-state index in [2.05, 4.69) is 12.2 Å². The maximum absolute atomic E-state index is 11.6. The second-order valence-corrected chi connectivity index (χ2v) is 4.32. The van der Waals surface area contributed by atoms with Crippen molar-refractivity contribution >= 4 is 18.3 Å². The lowest BCUT2D eigenvalue weighted by Gasteiger charge is -2.26. The van der Waals surface area contributed by atoms with E-state index in [1.165, 1.54) is 12.8 Å². The zero-order chi connectivity index (χ0) is 10.6. The van der Waals surface area contributed by atoms with Crippen LogP contribution in [0.2, 0.25) is 0 Å². The predicted molar refractivity (Wildman–Crippen MR) is 62.1 cm³/mol. The Balaban J connectivity index is 0.00000196. The van der Waals surface area contributed by atoms with Crippen LogP contribution in [0.25, 0.3) is 0 Å². The number of amides is 1. The minimum absolute atomic E-state index is 0. The second-order valence-electron chi connectivity index (χ2n) is 4.32. The van der Waals surface area contributed by atoms with Gasteiger partial charge in [0.1, 0.15) is 6.04 Å². The van der Waals surface area contributed by atoms with Crippen LogP contribution in [0.15, 0.2) is 0 Å². The number of hydrogen-bond donors (Lipinski definition) is 2. The molecule has 0 bridgehead atoms. The Labute approximate surface area is 97.3 Å². The van der Waals surface area contributed by atoms with Crippen LogP contribution in [-0.4, -0.2) is 31.2 Å². The summed E-state index contributed by atoms with van der Waals surface area (Å²) in [7, 11) is 1.55. The summed E-state index contributed by atoms with van der Waals surface area (Å²) in [6.45, 7) is 2.36. The van der Waals surface area contributed by atoms with Gasteiger partial charge >= 0.3 is 0 Å². The molecule has 1 aliphatic carbocycles. The lowest BCUT2D eigenvalue weighted by Crippen LogP contribution is -2.52. The molecule has 0 saturated heterocycles. The average Bonchev–Trinajstić information content (AvgIpc) is 2.52. The van der Waals surface area contributed by atoms with E-state index in [1.807, 2.05) is 0 Å². The van der Waals surface area contributed by atoms with Gasteiger partial charge in [0.05, 0.1) is 6.61 Å². The molecule has 0 aliphatic heterocycles. The van der Waals surface area contributed by atoms with Gasteiger partial charge in [-0.2, -0.15) is 0 Å². The first-order chi connectivity index (χ1) is 6.57. The lowest BCUT2D eigenvalue weighted by molar-refractivity contribution is -0.125. The van der Waals surface area contributed by atoms with Gasteiger partial charge < -0.3 is 15.8 Å². The number of ether oxygens (including phenoxy) is 1. The van der Waals surface area contributed by atoms with Gasteiger partial charge in [0.15, 0.2) is 0 Å². The monoisotopic (exact) mass is 236 g/mol. The summed E-state index contributed by atoms with van der Waals surface area (Å²) in [5, 5.41) is 3.00. The van der Waals surface area contributed by atoms with Gasteiger partial charge in [0, 0.05) is 12.6 Å². The van der Waals surface area contributed by atoms with Crippen molar-refractivity contribution in [3.63, 3.8) is 0 Å². The fourth-order valence-electron chi connectivity index (χ4n) is 1.93. The van der Waals surface area contributed by atoms with Crippen LogP contribution in [0, 0.1) is 0 Å². The molecule has 4 nitrogen and oxygen atoms in total. The summed E-state index contributed by atoms with van der Waals surface area (Å²) in [6.07, 6.45) is 4.49. The van der Waals surface area contributed by atoms with Gasteiger partial charge in [-0.05, 0) is 19.8 Å². The van der Waals surface area contributed by atoms with Gasteiger partial charge in [-0.25, -0.2) is 0 Å². The number of carbonyl (C=O) groups is 1. The molecule has 0 aromatic rings. The third kappa shape index (κ3) is 4.36. The Hall–Kier alpha value is -0.320. The highest BCUT2D eigenvalue weighted by molar-refractivity contribution is 5.85. The van der Waals surface area contributed by atoms with Crippen molar-refractivity contribution in [1.29, 1.82) is 0 Å². The molecule has 5 heteroatoms. The molecule has 0 spiro atoms. The molecule has 0 radical (unpaired) electrons. The Morgan fingerprint density at radius 3 is 2.53 bits per heavy atom. The van der Waals surface area contributed by atoms with E-state index in [0.29, 0.717) is 0 Å². The zero-order valence-corrected chi connectivity index (χ0v) is 10.2. The van der Waals surface area contributed by atoms with Crippen molar-refractivity contribution in [2.24, 2.45) is 5.73 Å². The first kappa shape index (κ1) is 14.7. The van der Waals surface area contributed by atoms with Crippen LogP contribution in [-0.2, 0) is 9.53 Å². The summed E-state index contributed by atoms with van der Waals surface area (Å²) >= 11 is 0. The largest absolute Gasteiger partial charge is 0.383 e. The van der Waals surface area contributed by atoms with Gasteiger partial charge in [0.25, 0.3) is 0 Å². The molecule has 1 aliphatic rings. The van der Waals surface area contributed by atoms with Crippen molar-refractivity contribution in [3.8, 4) is 0 Å². The van der Waals surface area contributed by atoms with Crippen molar-refractivity contribution < 1.29 is 9.53 Å². The highest BCUT2D eigenvalue weighted by Gasteiger charge is 2.31. The molecule has 0 heterocycles. The summed E-state index contributed by atoms with van der Waals surface area (Å²) in [6, 6.07) is -0.544. The number of nitrogens with one attached hydrogen (secondary N) is 1. The van der Waals surface area contributed by atoms with Crippen molar-refractivity contribution in [2.75, 3.05) is 13.7 Å². The molecule has 1 saturated carbocycles. The van der Waals surface area contributed by atoms with Crippen LogP contribution in [0.1, 0.15) is 32.6 Å². The molecule has 0 aromatic heterocycles. The van der Waals surface area contributed by atoms with E-state index in [1.54, 1.807) is 7.11 Å². The van der Waals surface area contributed by atoms with Crippen molar-refractivity contribution in [1.82, 2.24) is 5.32 Å². The summed E-state index contributed by atoms with van der Waals surface area (Å²) in [5.41, 5.74) is 5.59. The molecule has 90 valence electrons. The van der Waals surface area contributed by atoms with Crippen LogP contribution in [0.5, 0.6) is 0 Å². The van der Waals surface area contributed by atoms with E-state index >= 15 is 0 Å². The summed E-state index contributed by atoms with van der Waals surface area (Å²) in [4.78, 5) is 11.6. The Kier molecular flexibility index (Phi) is 6.17.